The van der Waals surface area contributed by atoms with Crippen molar-refractivity contribution in [2.24, 2.45) is 0 Å². The highest BCUT2D eigenvalue weighted by Gasteiger charge is 2.20. The number of aliphatic carboxylic acids is 1. The predicted molar refractivity (Wildman–Crippen MR) is 47.3 cm³/mol. The lowest BCUT2D eigenvalue weighted by molar-refractivity contribution is -0.156. The van der Waals surface area contributed by atoms with Gasteiger partial charge in [0, 0.05) is 13.1 Å². The van der Waals surface area contributed by atoms with Crippen molar-refractivity contribution >= 4 is 11.9 Å². The minimum atomic E-state index is -1.33. The average molecular weight is 185 g/mol. The molecule has 4 nitrogen and oxygen atoms in total. The second-order valence-corrected chi connectivity index (χ2v) is 3.37. The summed E-state index contributed by atoms with van der Waals surface area (Å²) in [5, 5.41) is 8.51. The maximum Gasteiger partial charge on any atom is 0.394 e. The second-order valence-electron chi connectivity index (χ2n) is 3.37. The zero-order chi connectivity index (χ0) is 9.68. The lowest BCUT2D eigenvalue weighted by Gasteiger charge is -2.22. The summed E-state index contributed by atoms with van der Waals surface area (Å²) in [6, 6.07) is 0. The number of nitrogens with zero attached hydrogens (tertiary/aromatic N) is 1. The van der Waals surface area contributed by atoms with Gasteiger partial charge in [-0.15, -0.1) is 0 Å². The number of carboxylic acids is 1. The van der Waals surface area contributed by atoms with Gasteiger partial charge in [-0.05, 0) is 12.8 Å². The van der Waals surface area contributed by atoms with E-state index in [4.69, 9.17) is 5.11 Å². The maximum absolute atomic E-state index is 11.1. The van der Waals surface area contributed by atoms with Crippen LogP contribution in [0.2, 0.25) is 0 Å². The zero-order valence-corrected chi connectivity index (χ0v) is 7.66. The first kappa shape index (κ1) is 10.0. The Hall–Kier alpha value is -1.06. The van der Waals surface area contributed by atoms with Gasteiger partial charge >= 0.3 is 11.9 Å². The smallest absolute Gasteiger partial charge is 0.394 e. The van der Waals surface area contributed by atoms with Crippen LogP contribution in [0.25, 0.3) is 0 Å². The van der Waals surface area contributed by atoms with Gasteiger partial charge < -0.3 is 10.0 Å². The Morgan fingerprint density at radius 1 is 0.923 bits per heavy atom. The molecule has 0 aromatic heterocycles. The molecule has 1 rings (SSSR count). The van der Waals surface area contributed by atoms with Gasteiger partial charge in [-0.25, -0.2) is 4.79 Å². The maximum atomic E-state index is 11.1. The third kappa shape index (κ3) is 3.05. The topological polar surface area (TPSA) is 57.6 Å². The Bertz CT molecular complexity index is 195. The summed E-state index contributed by atoms with van der Waals surface area (Å²) < 4.78 is 0. The van der Waals surface area contributed by atoms with Crippen molar-refractivity contribution in [1.82, 2.24) is 4.90 Å². The quantitative estimate of drug-likeness (QED) is 0.569. The van der Waals surface area contributed by atoms with E-state index in [2.05, 4.69) is 0 Å². The van der Waals surface area contributed by atoms with E-state index < -0.39 is 11.9 Å². The molecule has 0 aromatic rings. The lowest BCUT2D eigenvalue weighted by atomic mass is 10.1. The summed E-state index contributed by atoms with van der Waals surface area (Å²) in [7, 11) is 0. The molecule has 1 fully saturated rings. The normalized spacial score (nSPS) is 18.9. The molecule has 4 heteroatoms. The van der Waals surface area contributed by atoms with Gasteiger partial charge in [-0.1, -0.05) is 19.3 Å². The molecule has 0 aromatic carbocycles. The Morgan fingerprint density at radius 3 is 1.85 bits per heavy atom. The Balaban J connectivity index is 2.45. The molecule has 1 amide bonds. The fourth-order valence-electron chi connectivity index (χ4n) is 1.59. The van der Waals surface area contributed by atoms with Gasteiger partial charge in [0.2, 0.25) is 0 Å². The van der Waals surface area contributed by atoms with E-state index in [1.54, 1.807) is 0 Å². The number of likely N-dealkylation sites (tertiary alicyclic amines) is 1. The largest absolute Gasteiger partial charge is 0.474 e. The van der Waals surface area contributed by atoms with Crippen LogP contribution in [-0.2, 0) is 9.59 Å². The first-order chi connectivity index (χ1) is 6.22. The third-order valence-corrected chi connectivity index (χ3v) is 2.33. The molecule has 0 unspecified atom stereocenters. The molecular formula is C9H15NO3. The minimum absolute atomic E-state index is 0.602. The zero-order valence-electron chi connectivity index (χ0n) is 7.66. The molecule has 1 N–H and O–H groups in total. The summed E-state index contributed by atoms with van der Waals surface area (Å²) in [5.74, 6) is -2.08. The highest BCUT2D eigenvalue weighted by molar-refractivity contribution is 6.31. The standard InChI is InChI=1S/C9H15NO3/c11-8(9(12)13)10-6-4-2-1-3-5-7-10/h1-7H2,(H,12,13). The van der Waals surface area contributed by atoms with Crippen LogP contribution in [-0.4, -0.2) is 35.0 Å². The van der Waals surface area contributed by atoms with E-state index in [-0.39, 0.29) is 0 Å². The van der Waals surface area contributed by atoms with Crippen molar-refractivity contribution in [2.45, 2.75) is 32.1 Å². The number of carboxylic acid groups (broad SMARTS) is 1. The Morgan fingerprint density at radius 2 is 1.38 bits per heavy atom. The van der Waals surface area contributed by atoms with Crippen LogP contribution < -0.4 is 0 Å². The van der Waals surface area contributed by atoms with Crippen LogP contribution in [0.5, 0.6) is 0 Å². The van der Waals surface area contributed by atoms with Gasteiger partial charge in [0.15, 0.2) is 0 Å². The SMILES string of the molecule is O=C(O)C(=O)N1CCCCCCC1. The van der Waals surface area contributed by atoms with Crippen LogP contribution >= 0.6 is 0 Å². The van der Waals surface area contributed by atoms with E-state index in [1.807, 2.05) is 0 Å². The van der Waals surface area contributed by atoms with Gasteiger partial charge in [-0.3, -0.25) is 4.79 Å². The average Bonchev–Trinajstić information content (AvgIpc) is 2.02. The molecule has 13 heavy (non-hydrogen) atoms. The Kier molecular flexibility index (Phi) is 3.73. The number of amides is 1. The molecule has 1 heterocycles. The van der Waals surface area contributed by atoms with Crippen molar-refractivity contribution < 1.29 is 14.7 Å². The molecule has 0 bridgehead atoms. The summed E-state index contributed by atoms with van der Waals surface area (Å²) in [4.78, 5) is 22.9. The molecule has 1 aliphatic heterocycles. The highest BCUT2D eigenvalue weighted by Crippen LogP contribution is 2.10. The van der Waals surface area contributed by atoms with E-state index in [0.29, 0.717) is 13.1 Å². The molecule has 1 aliphatic rings. The number of carbonyl (C=O) groups is 2. The van der Waals surface area contributed by atoms with E-state index in [1.165, 1.54) is 11.3 Å². The van der Waals surface area contributed by atoms with Crippen molar-refractivity contribution in [1.29, 1.82) is 0 Å². The Labute approximate surface area is 77.5 Å². The summed E-state index contributed by atoms with van der Waals surface area (Å²) in [5.41, 5.74) is 0. The van der Waals surface area contributed by atoms with Gasteiger partial charge in [0.1, 0.15) is 0 Å². The fraction of sp³-hybridized carbons (Fsp3) is 0.778. The van der Waals surface area contributed by atoms with E-state index >= 15 is 0 Å². The molecule has 0 spiro atoms. The van der Waals surface area contributed by atoms with Crippen LogP contribution in [0, 0.1) is 0 Å². The second kappa shape index (κ2) is 4.84. The fourth-order valence-corrected chi connectivity index (χ4v) is 1.59. The van der Waals surface area contributed by atoms with Gasteiger partial charge in [0.05, 0.1) is 0 Å². The number of rotatable bonds is 0. The first-order valence-corrected chi connectivity index (χ1v) is 4.74. The van der Waals surface area contributed by atoms with E-state index in [0.717, 1.165) is 25.7 Å². The monoisotopic (exact) mass is 185 g/mol. The molecule has 74 valence electrons. The van der Waals surface area contributed by atoms with Crippen LogP contribution in [0.1, 0.15) is 32.1 Å². The minimum Gasteiger partial charge on any atom is -0.474 e. The molecule has 0 atom stereocenters. The van der Waals surface area contributed by atoms with Gasteiger partial charge in [-0.2, -0.15) is 0 Å². The number of carbonyl (C=O) groups excluding carboxylic acids is 1. The summed E-state index contributed by atoms with van der Waals surface area (Å²) >= 11 is 0. The number of hydrogen-bond acceptors (Lipinski definition) is 2. The lowest BCUT2D eigenvalue weighted by Crippen LogP contribution is -2.38. The first-order valence-electron chi connectivity index (χ1n) is 4.74. The van der Waals surface area contributed by atoms with Crippen molar-refractivity contribution in [3.05, 3.63) is 0 Å². The summed E-state index contributed by atoms with van der Waals surface area (Å²) in [6.07, 6.45) is 5.26. The third-order valence-electron chi connectivity index (χ3n) is 2.33. The van der Waals surface area contributed by atoms with Crippen LogP contribution in [0.3, 0.4) is 0 Å². The molecule has 1 saturated heterocycles. The molecule has 0 radical (unpaired) electrons. The summed E-state index contributed by atoms with van der Waals surface area (Å²) in [6.45, 7) is 1.20. The van der Waals surface area contributed by atoms with E-state index in [9.17, 15) is 9.59 Å². The highest BCUT2D eigenvalue weighted by atomic mass is 16.4. The molecule has 0 saturated carbocycles. The van der Waals surface area contributed by atoms with Crippen molar-refractivity contribution in [3.63, 3.8) is 0 Å². The van der Waals surface area contributed by atoms with Crippen molar-refractivity contribution in [2.75, 3.05) is 13.1 Å². The van der Waals surface area contributed by atoms with Crippen molar-refractivity contribution in [3.8, 4) is 0 Å². The predicted octanol–water partition coefficient (Wildman–Crippen LogP) is 0.864. The van der Waals surface area contributed by atoms with Gasteiger partial charge in [0.25, 0.3) is 0 Å². The molecular weight excluding hydrogens is 170 g/mol. The number of hydrogen-bond donors (Lipinski definition) is 1. The van der Waals surface area contributed by atoms with Crippen LogP contribution in [0.15, 0.2) is 0 Å². The van der Waals surface area contributed by atoms with Crippen LogP contribution in [0.4, 0.5) is 0 Å². The molecule has 0 aliphatic carbocycles.